The van der Waals surface area contributed by atoms with Gasteiger partial charge in [-0.05, 0) is 18.4 Å². The summed E-state index contributed by atoms with van der Waals surface area (Å²) in [7, 11) is 0. The second-order valence-corrected chi connectivity index (χ2v) is 8.48. The number of benzene rings is 1. The van der Waals surface area contributed by atoms with Gasteiger partial charge in [0.2, 0.25) is 23.6 Å². The van der Waals surface area contributed by atoms with Crippen molar-refractivity contribution in [2.75, 3.05) is 12.3 Å². The predicted octanol–water partition coefficient (Wildman–Crippen LogP) is -3.05. The summed E-state index contributed by atoms with van der Waals surface area (Å²) in [6.07, 6.45) is -0.0581. The number of thiol groups is 1. The normalized spacial score (nSPS) is 13.8. The van der Waals surface area contributed by atoms with E-state index in [0.717, 1.165) is 0 Å². The maximum absolute atomic E-state index is 13.1. The fourth-order valence-electron chi connectivity index (χ4n) is 3.15. The van der Waals surface area contributed by atoms with Gasteiger partial charge >= 0.3 is 5.97 Å². The Bertz CT molecular complexity index is 973. The molecule has 15 heteroatoms. The maximum Gasteiger partial charge on any atom is 0.326 e. The number of primary amides is 1. The second kappa shape index (κ2) is 16.0. The average Bonchev–Trinajstić information content (AvgIpc) is 2.83. The molecule has 204 valence electrons. The number of carbonyl (C=O) groups excluding carboxylic acids is 4. The van der Waals surface area contributed by atoms with Crippen molar-refractivity contribution >= 4 is 48.2 Å². The van der Waals surface area contributed by atoms with Crippen molar-refractivity contribution in [2.24, 2.45) is 27.9 Å². The molecule has 4 unspecified atom stereocenters. The van der Waals surface area contributed by atoms with Gasteiger partial charge in [0.05, 0.1) is 12.5 Å². The van der Waals surface area contributed by atoms with E-state index in [2.05, 4.69) is 33.6 Å². The van der Waals surface area contributed by atoms with Crippen LogP contribution in [0.4, 0.5) is 0 Å². The smallest absolute Gasteiger partial charge is 0.326 e. The van der Waals surface area contributed by atoms with E-state index < -0.39 is 60.2 Å². The van der Waals surface area contributed by atoms with Gasteiger partial charge in [-0.1, -0.05) is 30.3 Å². The minimum atomic E-state index is -1.28. The van der Waals surface area contributed by atoms with Crippen LogP contribution in [0.2, 0.25) is 0 Å². The lowest BCUT2D eigenvalue weighted by molar-refractivity contribution is -0.142. The quantitative estimate of drug-likeness (QED) is 0.0447. The Morgan fingerprint density at radius 2 is 1.46 bits per heavy atom. The molecule has 14 nitrogen and oxygen atoms in total. The maximum atomic E-state index is 13.1. The van der Waals surface area contributed by atoms with Crippen molar-refractivity contribution in [2.45, 2.75) is 49.9 Å². The molecule has 4 atom stereocenters. The number of nitrogens with two attached hydrogens (primary N) is 4. The topological polar surface area (TPSA) is 258 Å². The van der Waals surface area contributed by atoms with Crippen LogP contribution in [0.5, 0.6) is 0 Å². The van der Waals surface area contributed by atoms with Gasteiger partial charge in [0.25, 0.3) is 0 Å². The van der Waals surface area contributed by atoms with Crippen LogP contribution in [0.3, 0.4) is 0 Å². The Morgan fingerprint density at radius 1 is 0.892 bits per heavy atom. The molecule has 0 aromatic heterocycles. The molecule has 1 aromatic rings. The Hall–Kier alpha value is -3.85. The largest absolute Gasteiger partial charge is 0.480 e. The first-order valence-corrected chi connectivity index (χ1v) is 12.0. The first-order chi connectivity index (χ1) is 17.4. The molecule has 1 rings (SSSR count). The molecule has 0 aliphatic carbocycles. The Morgan fingerprint density at radius 3 is 2.00 bits per heavy atom. The molecule has 0 fully saturated rings. The number of guanidine groups is 1. The summed E-state index contributed by atoms with van der Waals surface area (Å²) in [4.78, 5) is 64.7. The summed E-state index contributed by atoms with van der Waals surface area (Å²) in [5.41, 5.74) is 21.9. The number of nitrogens with one attached hydrogen (secondary N) is 3. The van der Waals surface area contributed by atoms with Gasteiger partial charge in [-0.15, -0.1) is 0 Å². The van der Waals surface area contributed by atoms with Gasteiger partial charge in [-0.3, -0.25) is 24.2 Å². The van der Waals surface area contributed by atoms with Crippen LogP contribution in [0.1, 0.15) is 24.8 Å². The molecule has 37 heavy (non-hydrogen) atoms. The Balaban J connectivity index is 2.93. The van der Waals surface area contributed by atoms with Gasteiger partial charge in [-0.2, -0.15) is 12.6 Å². The summed E-state index contributed by atoms with van der Waals surface area (Å²) in [6.45, 7) is 0.174. The highest BCUT2D eigenvalue weighted by atomic mass is 32.1. The van der Waals surface area contributed by atoms with Gasteiger partial charge in [-0.25, -0.2) is 4.79 Å². The molecular weight excluding hydrogens is 504 g/mol. The molecule has 0 aliphatic rings. The zero-order valence-corrected chi connectivity index (χ0v) is 21.0. The fraction of sp³-hybridized carbons (Fsp3) is 0.455. The van der Waals surface area contributed by atoms with E-state index in [1.807, 2.05) is 0 Å². The average molecular weight is 539 g/mol. The van der Waals surface area contributed by atoms with Crippen LogP contribution in [0.25, 0.3) is 0 Å². The zero-order chi connectivity index (χ0) is 28.0. The third kappa shape index (κ3) is 12.1. The molecule has 4 amide bonds. The number of rotatable bonds is 16. The number of hydrogen-bond acceptors (Lipinski definition) is 8. The predicted molar refractivity (Wildman–Crippen MR) is 139 cm³/mol. The highest BCUT2D eigenvalue weighted by Crippen LogP contribution is 2.06. The van der Waals surface area contributed by atoms with E-state index in [-0.39, 0.29) is 37.5 Å². The van der Waals surface area contributed by atoms with Crippen LogP contribution in [-0.4, -0.2) is 77.1 Å². The molecule has 1 aromatic carbocycles. The van der Waals surface area contributed by atoms with Gasteiger partial charge in [0.1, 0.15) is 18.1 Å². The summed E-state index contributed by atoms with van der Waals surface area (Å²) < 4.78 is 0. The van der Waals surface area contributed by atoms with Crippen molar-refractivity contribution in [3.05, 3.63) is 35.9 Å². The lowest BCUT2D eigenvalue weighted by atomic mass is 10.0. The summed E-state index contributed by atoms with van der Waals surface area (Å²) in [5, 5.41) is 16.7. The van der Waals surface area contributed by atoms with E-state index in [1.54, 1.807) is 30.3 Å². The van der Waals surface area contributed by atoms with Crippen LogP contribution in [0, 0.1) is 0 Å². The minimum Gasteiger partial charge on any atom is -0.480 e. The second-order valence-electron chi connectivity index (χ2n) is 8.12. The molecule has 0 heterocycles. The van der Waals surface area contributed by atoms with Gasteiger partial charge in [0.15, 0.2) is 5.96 Å². The molecule has 0 saturated heterocycles. The van der Waals surface area contributed by atoms with Crippen LogP contribution in [0.15, 0.2) is 35.3 Å². The molecule has 0 aliphatic heterocycles. The number of amides is 4. The van der Waals surface area contributed by atoms with Crippen LogP contribution >= 0.6 is 12.6 Å². The number of carbonyl (C=O) groups is 5. The molecule has 0 bridgehead atoms. The van der Waals surface area contributed by atoms with Gasteiger partial charge < -0.3 is 44.0 Å². The summed E-state index contributed by atoms with van der Waals surface area (Å²) in [6, 6.07) is 3.82. The molecular formula is C22H34N8O6S. The van der Waals surface area contributed by atoms with Crippen molar-refractivity contribution in [1.29, 1.82) is 0 Å². The van der Waals surface area contributed by atoms with Crippen molar-refractivity contribution < 1.29 is 29.1 Å². The lowest BCUT2D eigenvalue weighted by Crippen LogP contribution is -2.58. The van der Waals surface area contributed by atoms with E-state index in [0.29, 0.717) is 5.56 Å². The number of aliphatic carboxylic acids is 1. The van der Waals surface area contributed by atoms with E-state index in [9.17, 15) is 29.1 Å². The first kappa shape index (κ1) is 31.2. The zero-order valence-electron chi connectivity index (χ0n) is 20.1. The first-order valence-electron chi connectivity index (χ1n) is 11.3. The minimum absolute atomic E-state index is 0.0372. The van der Waals surface area contributed by atoms with E-state index in [1.165, 1.54) is 0 Å². The Labute approximate surface area is 219 Å². The standard InChI is InChI=1S/C22H34N8O6S/c23-13(10-17(24)31)18(32)29-15(9-12-5-2-1-3-6-12)19(33)30-16(11-37)20(34)28-14(21(35)36)7-4-8-27-22(25)26/h1-3,5-6,13-16,37H,4,7-11,23H2,(H2,24,31)(H,28,34)(H,29,32)(H,30,33)(H,35,36)(H4,25,26,27). The Kier molecular flexibility index (Phi) is 13.5. The summed E-state index contributed by atoms with van der Waals surface area (Å²) >= 11 is 4.09. The lowest BCUT2D eigenvalue weighted by Gasteiger charge is -2.24. The van der Waals surface area contributed by atoms with Crippen molar-refractivity contribution in [3.63, 3.8) is 0 Å². The number of carboxylic acids is 1. The van der Waals surface area contributed by atoms with Crippen molar-refractivity contribution in [3.8, 4) is 0 Å². The number of nitrogens with zero attached hydrogens (tertiary/aromatic N) is 1. The number of hydrogen-bond donors (Lipinski definition) is 9. The third-order valence-corrected chi connectivity index (χ3v) is 5.41. The van der Waals surface area contributed by atoms with Gasteiger partial charge in [0, 0.05) is 18.7 Å². The molecule has 0 radical (unpaired) electrons. The van der Waals surface area contributed by atoms with Crippen molar-refractivity contribution in [1.82, 2.24) is 16.0 Å². The van der Waals surface area contributed by atoms with Crippen LogP contribution < -0.4 is 38.9 Å². The summed E-state index contributed by atoms with van der Waals surface area (Å²) in [5.74, 6) is -4.67. The van der Waals surface area contributed by atoms with E-state index in [4.69, 9.17) is 22.9 Å². The fourth-order valence-corrected chi connectivity index (χ4v) is 3.40. The monoisotopic (exact) mass is 538 g/mol. The number of carboxylic acid groups (broad SMARTS) is 1. The third-order valence-electron chi connectivity index (χ3n) is 5.05. The SMILES string of the molecule is NC(=O)CC(N)C(=O)NC(Cc1ccccc1)C(=O)NC(CS)C(=O)NC(CCCN=C(N)N)C(=O)O. The highest BCUT2D eigenvalue weighted by Gasteiger charge is 2.30. The molecule has 0 saturated carbocycles. The number of aliphatic imine (C=N–C) groups is 1. The highest BCUT2D eigenvalue weighted by molar-refractivity contribution is 7.80. The van der Waals surface area contributed by atoms with E-state index >= 15 is 0 Å². The molecule has 12 N–H and O–H groups in total. The molecule has 0 spiro atoms. The van der Waals surface area contributed by atoms with Crippen LogP contribution in [-0.2, 0) is 30.4 Å².